The number of Topliss-reactive ketones (excluding diaryl/α,β-unsaturated/α-hetero) is 1. The third-order valence-electron chi connectivity index (χ3n) is 5.85. The molecule has 0 amide bonds. The Hall–Kier alpha value is -3.07. The summed E-state index contributed by atoms with van der Waals surface area (Å²) in [6, 6.07) is 26.5. The number of carbonyl (C=O) groups is 1. The van der Waals surface area contributed by atoms with Gasteiger partial charge in [-0.05, 0) is 80.3 Å². The van der Waals surface area contributed by atoms with Gasteiger partial charge in [0.25, 0.3) is 0 Å². The molecule has 3 aromatic carbocycles. The molecule has 0 aliphatic carbocycles. The van der Waals surface area contributed by atoms with E-state index in [2.05, 4.69) is 71.0 Å². The molecule has 0 saturated carbocycles. The molecule has 0 aliphatic heterocycles. The zero-order valence-electron chi connectivity index (χ0n) is 23.6. The maximum atomic E-state index is 12.1. The Bertz CT molecular complexity index is 957. The quantitative estimate of drug-likeness (QED) is 0.301. The second-order valence-electron chi connectivity index (χ2n) is 9.91. The first kappa shape index (κ1) is 31.0. The number of aryl methyl sites for hydroxylation is 2. The maximum Gasteiger partial charge on any atom is 0.133 e. The molecule has 2 atom stereocenters. The van der Waals surface area contributed by atoms with Crippen molar-refractivity contribution in [1.29, 1.82) is 0 Å². The molecular formula is C33H46O3. The highest BCUT2D eigenvalue weighted by Gasteiger charge is 2.22. The van der Waals surface area contributed by atoms with Gasteiger partial charge in [-0.2, -0.15) is 0 Å². The molecule has 3 aromatic rings. The Balaban J connectivity index is 0.000000409. The number of ketones is 1. The van der Waals surface area contributed by atoms with Crippen LogP contribution in [-0.2, 0) is 11.2 Å². The summed E-state index contributed by atoms with van der Waals surface area (Å²) in [5.74, 6) is 3.19. The fourth-order valence-corrected chi connectivity index (χ4v) is 3.79. The Kier molecular flexibility index (Phi) is 14.9. The molecule has 3 rings (SSSR count). The first-order chi connectivity index (χ1) is 17.2. The molecule has 0 heterocycles. The number of carbonyl (C=O) groups excluding carboxylic acids is 1. The smallest absolute Gasteiger partial charge is 0.133 e. The maximum absolute atomic E-state index is 12.1. The largest absolute Gasteiger partial charge is 0.497 e. The van der Waals surface area contributed by atoms with Crippen molar-refractivity contribution < 1.29 is 14.3 Å². The molecule has 0 aromatic heterocycles. The first-order valence-corrected chi connectivity index (χ1v) is 13.0. The summed E-state index contributed by atoms with van der Waals surface area (Å²) in [6.07, 6.45) is 2.99. The van der Waals surface area contributed by atoms with Crippen LogP contribution in [0, 0.1) is 18.8 Å². The van der Waals surface area contributed by atoms with Gasteiger partial charge < -0.3 is 9.47 Å². The van der Waals surface area contributed by atoms with Gasteiger partial charge in [-0.25, -0.2) is 0 Å². The first-order valence-electron chi connectivity index (χ1n) is 13.0. The molecule has 36 heavy (non-hydrogen) atoms. The van der Waals surface area contributed by atoms with Crippen molar-refractivity contribution in [2.45, 2.75) is 66.7 Å². The predicted molar refractivity (Wildman–Crippen MR) is 153 cm³/mol. The minimum absolute atomic E-state index is 0.0760. The van der Waals surface area contributed by atoms with Crippen molar-refractivity contribution in [2.75, 3.05) is 14.2 Å². The van der Waals surface area contributed by atoms with E-state index in [0.29, 0.717) is 0 Å². The Morgan fingerprint density at radius 2 is 1.22 bits per heavy atom. The van der Waals surface area contributed by atoms with Gasteiger partial charge in [0, 0.05) is 5.92 Å². The van der Waals surface area contributed by atoms with Crippen LogP contribution in [0.1, 0.15) is 70.1 Å². The topological polar surface area (TPSA) is 35.5 Å². The number of hydrogen-bond donors (Lipinski definition) is 0. The molecule has 1 unspecified atom stereocenters. The number of rotatable bonds is 9. The fourth-order valence-electron chi connectivity index (χ4n) is 3.79. The number of benzene rings is 3. The summed E-state index contributed by atoms with van der Waals surface area (Å²) in [4.78, 5) is 12.1. The van der Waals surface area contributed by atoms with Crippen LogP contribution in [0.25, 0.3) is 0 Å². The standard InChI is InChI=1S/C21H26O2.C8H10O.C4H10/c1-16(19-12-14-20(23-3)15-13-19)21(17(2)22)11-7-10-18-8-5-4-6-9-18;1-7-3-5-8(9-2)6-4-7;1-4(2)3/h4-6,8-9,12-16,21H,7,10-11H2,1-3H3;3-6H,1-2H3;4H,1-3H3/t16?,21-;;/m1../s1. The van der Waals surface area contributed by atoms with E-state index in [1.165, 1.54) is 16.7 Å². The molecule has 0 fully saturated rings. The van der Waals surface area contributed by atoms with Crippen LogP contribution in [0.3, 0.4) is 0 Å². The van der Waals surface area contributed by atoms with Crippen LogP contribution in [-0.4, -0.2) is 20.0 Å². The highest BCUT2D eigenvalue weighted by atomic mass is 16.5. The van der Waals surface area contributed by atoms with Gasteiger partial charge in [0.1, 0.15) is 17.3 Å². The van der Waals surface area contributed by atoms with Crippen molar-refractivity contribution in [2.24, 2.45) is 11.8 Å². The van der Waals surface area contributed by atoms with Crippen LogP contribution in [0.15, 0.2) is 78.9 Å². The van der Waals surface area contributed by atoms with Crippen molar-refractivity contribution in [3.8, 4) is 11.5 Å². The molecule has 0 aliphatic rings. The van der Waals surface area contributed by atoms with Crippen LogP contribution >= 0.6 is 0 Å². The van der Waals surface area contributed by atoms with Crippen LogP contribution < -0.4 is 9.47 Å². The lowest BCUT2D eigenvalue weighted by molar-refractivity contribution is -0.121. The SMILES string of the molecule is CC(C)C.COc1ccc(C(C)[C@@H](CCCc2ccccc2)C(C)=O)cc1.COc1ccc(C)cc1. The highest BCUT2D eigenvalue weighted by Crippen LogP contribution is 2.30. The van der Waals surface area contributed by atoms with Gasteiger partial charge in [0.2, 0.25) is 0 Å². The van der Waals surface area contributed by atoms with Crippen molar-refractivity contribution >= 4 is 5.78 Å². The summed E-state index contributed by atoms with van der Waals surface area (Å²) >= 11 is 0. The van der Waals surface area contributed by atoms with Crippen molar-refractivity contribution in [3.05, 3.63) is 95.6 Å². The van der Waals surface area contributed by atoms with Gasteiger partial charge in [-0.3, -0.25) is 4.79 Å². The molecule has 0 spiro atoms. The summed E-state index contributed by atoms with van der Waals surface area (Å²) < 4.78 is 10.2. The molecule has 0 radical (unpaired) electrons. The number of hydrogen-bond acceptors (Lipinski definition) is 3. The van der Waals surface area contributed by atoms with Gasteiger partial charge >= 0.3 is 0 Å². The van der Waals surface area contributed by atoms with E-state index in [1.807, 2.05) is 42.5 Å². The molecule has 3 nitrogen and oxygen atoms in total. The van der Waals surface area contributed by atoms with Crippen LogP contribution in [0.5, 0.6) is 11.5 Å². The van der Waals surface area contributed by atoms with E-state index >= 15 is 0 Å². The highest BCUT2D eigenvalue weighted by molar-refractivity contribution is 5.79. The molecule has 0 saturated heterocycles. The second kappa shape index (κ2) is 17.4. The Morgan fingerprint density at radius 1 is 0.750 bits per heavy atom. The number of ether oxygens (including phenoxy) is 2. The average molecular weight is 491 g/mol. The normalized spacial score (nSPS) is 11.8. The van der Waals surface area contributed by atoms with E-state index in [0.717, 1.165) is 36.7 Å². The van der Waals surface area contributed by atoms with Gasteiger partial charge in [-0.1, -0.05) is 87.9 Å². The molecule has 0 bridgehead atoms. The zero-order chi connectivity index (χ0) is 26.9. The lowest BCUT2D eigenvalue weighted by atomic mass is 9.81. The lowest BCUT2D eigenvalue weighted by Gasteiger charge is -2.22. The summed E-state index contributed by atoms with van der Waals surface area (Å²) in [5, 5.41) is 0. The molecule has 196 valence electrons. The zero-order valence-corrected chi connectivity index (χ0v) is 23.6. The second-order valence-corrected chi connectivity index (χ2v) is 9.91. The van der Waals surface area contributed by atoms with E-state index in [4.69, 9.17) is 9.47 Å². The third-order valence-corrected chi connectivity index (χ3v) is 5.85. The third kappa shape index (κ3) is 12.6. The summed E-state index contributed by atoms with van der Waals surface area (Å²) in [6.45, 7) is 12.4. The monoisotopic (exact) mass is 490 g/mol. The summed E-state index contributed by atoms with van der Waals surface area (Å²) in [7, 11) is 3.34. The minimum Gasteiger partial charge on any atom is -0.497 e. The van der Waals surface area contributed by atoms with Gasteiger partial charge in [-0.15, -0.1) is 0 Å². The van der Waals surface area contributed by atoms with E-state index in [1.54, 1.807) is 21.1 Å². The van der Waals surface area contributed by atoms with E-state index in [-0.39, 0.29) is 17.6 Å². The molecule has 3 heteroatoms. The molecule has 0 N–H and O–H groups in total. The average Bonchev–Trinajstić information content (AvgIpc) is 2.87. The van der Waals surface area contributed by atoms with Crippen molar-refractivity contribution in [3.63, 3.8) is 0 Å². The minimum atomic E-state index is 0.0760. The fraction of sp³-hybridized carbons (Fsp3) is 0.424. The van der Waals surface area contributed by atoms with Crippen LogP contribution in [0.4, 0.5) is 0 Å². The Morgan fingerprint density at radius 3 is 1.67 bits per heavy atom. The van der Waals surface area contributed by atoms with Crippen molar-refractivity contribution in [1.82, 2.24) is 0 Å². The van der Waals surface area contributed by atoms with Gasteiger partial charge in [0.15, 0.2) is 0 Å². The molecular weight excluding hydrogens is 444 g/mol. The van der Waals surface area contributed by atoms with E-state index in [9.17, 15) is 4.79 Å². The lowest BCUT2D eigenvalue weighted by Crippen LogP contribution is -2.18. The van der Waals surface area contributed by atoms with E-state index < -0.39 is 0 Å². The van der Waals surface area contributed by atoms with Crippen LogP contribution in [0.2, 0.25) is 0 Å². The van der Waals surface area contributed by atoms with Gasteiger partial charge in [0.05, 0.1) is 14.2 Å². The Labute approximate surface area is 219 Å². The summed E-state index contributed by atoms with van der Waals surface area (Å²) in [5.41, 5.74) is 3.80. The number of methoxy groups -OCH3 is 2. The predicted octanol–water partition coefficient (Wildman–Crippen LogP) is 8.69.